The first-order chi connectivity index (χ1) is 8.60. The number of pyridine rings is 1. The van der Waals surface area contributed by atoms with Crippen molar-refractivity contribution in [2.75, 3.05) is 0 Å². The first-order valence-electron chi connectivity index (χ1n) is 6.28. The van der Waals surface area contributed by atoms with Crippen molar-refractivity contribution in [3.05, 3.63) is 23.6 Å². The number of aromatic nitrogens is 1. The van der Waals surface area contributed by atoms with E-state index < -0.39 is 23.5 Å². The molecule has 0 spiro atoms. The molecule has 0 N–H and O–H groups in total. The van der Waals surface area contributed by atoms with Crippen LogP contribution in [-0.4, -0.2) is 11.1 Å². The van der Waals surface area contributed by atoms with E-state index in [9.17, 15) is 13.2 Å². The molecular weight excluding hydrogens is 243 g/mol. The molecule has 18 heavy (non-hydrogen) atoms. The Morgan fingerprint density at radius 2 is 2.06 bits per heavy atom. The molecule has 1 aromatic rings. The van der Waals surface area contributed by atoms with Gasteiger partial charge in [-0.1, -0.05) is 19.8 Å². The summed E-state index contributed by atoms with van der Waals surface area (Å²) in [6, 6.07) is 0.470. The van der Waals surface area contributed by atoms with Gasteiger partial charge in [-0.25, -0.2) is 8.78 Å². The maximum Gasteiger partial charge on any atom is 0.253 e. The molecule has 1 aliphatic carbocycles. The van der Waals surface area contributed by atoms with Crippen LogP contribution >= 0.6 is 0 Å². The van der Waals surface area contributed by atoms with E-state index in [1.807, 2.05) is 0 Å². The number of nitrogens with zero attached hydrogens (tertiary/aromatic N) is 1. The average molecular weight is 259 g/mol. The highest BCUT2D eigenvalue weighted by molar-refractivity contribution is 5.15. The van der Waals surface area contributed by atoms with E-state index in [0.29, 0.717) is 12.0 Å². The summed E-state index contributed by atoms with van der Waals surface area (Å²) in [6.45, 7) is 2.10. The molecule has 0 bridgehead atoms. The van der Waals surface area contributed by atoms with Crippen LogP contribution in [0.5, 0.6) is 5.88 Å². The Morgan fingerprint density at radius 1 is 1.28 bits per heavy atom. The molecule has 1 heterocycles. The van der Waals surface area contributed by atoms with Crippen molar-refractivity contribution in [1.82, 2.24) is 4.98 Å². The van der Waals surface area contributed by atoms with Gasteiger partial charge in [0.2, 0.25) is 0 Å². The average Bonchev–Trinajstić information content (AvgIpc) is 2.36. The summed E-state index contributed by atoms with van der Waals surface area (Å²) in [5, 5.41) is 0. The van der Waals surface area contributed by atoms with Crippen molar-refractivity contribution >= 4 is 0 Å². The largest absolute Gasteiger partial charge is 0.472 e. The van der Waals surface area contributed by atoms with E-state index in [0.717, 1.165) is 32.1 Å². The molecule has 1 saturated carbocycles. The van der Waals surface area contributed by atoms with Crippen LogP contribution in [-0.2, 0) is 0 Å². The summed E-state index contributed by atoms with van der Waals surface area (Å²) in [5.41, 5.74) is 0. The molecule has 0 aliphatic heterocycles. The molecule has 0 aromatic carbocycles. The van der Waals surface area contributed by atoms with Gasteiger partial charge in [0.1, 0.15) is 6.10 Å². The van der Waals surface area contributed by atoms with Crippen LogP contribution in [0.4, 0.5) is 13.2 Å². The van der Waals surface area contributed by atoms with Crippen LogP contribution in [0.2, 0.25) is 0 Å². The predicted molar refractivity (Wildman–Crippen MR) is 60.8 cm³/mol. The van der Waals surface area contributed by atoms with Gasteiger partial charge in [-0.3, -0.25) is 0 Å². The zero-order valence-corrected chi connectivity index (χ0v) is 10.3. The third-order valence-corrected chi connectivity index (χ3v) is 3.44. The monoisotopic (exact) mass is 259 g/mol. The Kier molecular flexibility index (Phi) is 4.09. The second-order valence-corrected chi connectivity index (χ2v) is 4.73. The van der Waals surface area contributed by atoms with Gasteiger partial charge in [-0.05, 0) is 25.2 Å². The summed E-state index contributed by atoms with van der Waals surface area (Å²) in [5.74, 6) is -3.45. The second kappa shape index (κ2) is 5.59. The van der Waals surface area contributed by atoms with Crippen LogP contribution in [0, 0.1) is 23.5 Å². The Balaban J connectivity index is 2.07. The fraction of sp³-hybridized carbons (Fsp3) is 0.615. The highest BCUT2D eigenvalue weighted by atomic mass is 19.2. The van der Waals surface area contributed by atoms with Gasteiger partial charge < -0.3 is 4.74 Å². The minimum absolute atomic E-state index is 0.157. The smallest absolute Gasteiger partial charge is 0.253 e. The highest BCUT2D eigenvalue weighted by Gasteiger charge is 2.24. The van der Waals surface area contributed by atoms with Crippen molar-refractivity contribution in [1.29, 1.82) is 0 Å². The molecule has 0 saturated heterocycles. The summed E-state index contributed by atoms with van der Waals surface area (Å²) in [7, 11) is 0. The number of rotatable bonds is 3. The number of hydrogen-bond donors (Lipinski definition) is 0. The van der Waals surface area contributed by atoms with Crippen LogP contribution in [0.3, 0.4) is 0 Å². The summed E-state index contributed by atoms with van der Waals surface area (Å²) in [6.07, 6.45) is 4.66. The first-order valence-corrected chi connectivity index (χ1v) is 6.28. The van der Waals surface area contributed by atoms with Crippen LogP contribution in [0.15, 0.2) is 6.07 Å². The molecule has 2 rings (SSSR count). The van der Waals surface area contributed by atoms with E-state index in [2.05, 4.69) is 11.9 Å². The molecule has 100 valence electrons. The lowest BCUT2D eigenvalue weighted by Gasteiger charge is -2.28. The SMILES string of the molecule is CCC1CCCC(Oc2nc(F)c(F)cc2F)C1. The highest BCUT2D eigenvalue weighted by Crippen LogP contribution is 2.30. The number of hydrogen-bond acceptors (Lipinski definition) is 2. The van der Waals surface area contributed by atoms with Gasteiger partial charge >= 0.3 is 0 Å². The normalized spacial score (nSPS) is 24.0. The minimum atomic E-state index is -1.32. The number of ether oxygens (including phenoxy) is 1. The van der Waals surface area contributed by atoms with Crippen LogP contribution in [0.1, 0.15) is 39.0 Å². The van der Waals surface area contributed by atoms with Gasteiger partial charge in [-0.15, -0.1) is 0 Å². The quantitative estimate of drug-likeness (QED) is 0.769. The topological polar surface area (TPSA) is 22.1 Å². The molecule has 1 fully saturated rings. The second-order valence-electron chi connectivity index (χ2n) is 4.73. The van der Waals surface area contributed by atoms with Gasteiger partial charge in [0.25, 0.3) is 11.8 Å². The van der Waals surface area contributed by atoms with Gasteiger partial charge in [-0.2, -0.15) is 9.37 Å². The summed E-state index contributed by atoms with van der Waals surface area (Å²) in [4.78, 5) is 3.18. The van der Waals surface area contributed by atoms with E-state index in [1.165, 1.54) is 0 Å². The Labute approximate surface area is 104 Å². The standard InChI is InChI=1S/C13H16F3NO/c1-2-8-4-3-5-9(6-8)18-13-11(15)7-10(14)12(16)17-13/h7-9H,2-6H2,1H3. The lowest BCUT2D eigenvalue weighted by atomic mass is 9.85. The third-order valence-electron chi connectivity index (χ3n) is 3.44. The van der Waals surface area contributed by atoms with Crippen LogP contribution < -0.4 is 4.74 Å². The molecular formula is C13H16F3NO. The maximum absolute atomic E-state index is 13.4. The molecule has 1 aromatic heterocycles. The predicted octanol–water partition coefficient (Wildman–Crippen LogP) is 3.85. The lowest BCUT2D eigenvalue weighted by molar-refractivity contribution is 0.110. The van der Waals surface area contributed by atoms with Crippen molar-refractivity contribution < 1.29 is 17.9 Å². The summed E-state index contributed by atoms with van der Waals surface area (Å²) < 4.78 is 44.4. The van der Waals surface area contributed by atoms with Crippen molar-refractivity contribution in [3.63, 3.8) is 0 Å². The Hall–Kier alpha value is -1.26. The zero-order chi connectivity index (χ0) is 13.1. The molecule has 5 heteroatoms. The Bertz CT molecular complexity index is 425. The first kappa shape index (κ1) is 13.2. The molecule has 2 unspecified atom stereocenters. The summed E-state index contributed by atoms with van der Waals surface area (Å²) >= 11 is 0. The lowest BCUT2D eigenvalue weighted by Crippen LogP contribution is -2.26. The molecule has 2 atom stereocenters. The van der Waals surface area contributed by atoms with E-state index in [4.69, 9.17) is 4.74 Å². The Morgan fingerprint density at radius 3 is 2.78 bits per heavy atom. The van der Waals surface area contributed by atoms with E-state index in [-0.39, 0.29) is 6.10 Å². The molecule has 2 nitrogen and oxygen atoms in total. The van der Waals surface area contributed by atoms with Gasteiger partial charge in [0.15, 0.2) is 11.6 Å². The minimum Gasteiger partial charge on any atom is -0.472 e. The fourth-order valence-corrected chi connectivity index (χ4v) is 2.39. The fourth-order valence-electron chi connectivity index (χ4n) is 2.39. The molecule has 0 radical (unpaired) electrons. The van der Waals surface area contributed by atoms with E-state index >= 15 is 0 Å². The van der Waals surface area contributed by atoms with Crippen molar-refractivity contribution in [3.8, 4) is 5.88 Å². The van der Waals surface area contributed by atoms with Gasteiger partial charge in [0.05, 0.1) is 0 Å². The molecule has 0 amide bonds. The van der Waals surface area contributed by atoms with Gasteiger partial charge in [0, 0.05) is 6.07 Å². The van der Waals surface area contributed by atoms with Crippen molar-refractivity contribution in [2.24, 2.45) is 5.92 Å². The van der Waals surface area contributed by atoms with Crippen molar-refractivity contribution in [2.45, 2.75) is 45.1 Å². The zero-order valence-electron chi connectivity index (χ0n) is 10.3. The third kappa shape index (κ3) is 2.94. The molecule has 1 aliphatic rings. The number of halogens is 3. The van der Waals surface area contributed by atoms with E-state index in [1.54, 1.807) is 0 Å². The maximum atomic E-state index is 13.4. The van der Waals surface area contributed by atoms with Crippen LogP contribution in [0.25, 0.3) is 0 Å².